The number of methoxy groups -OCH3 is 1. The number of aliphatic hydroxyl groups excluding tert-OH is 1. The molecule has 8 nitrogen and oxygen atoms in total. The van der Waals surface area contributed by atoms with Crippen molar-refractivity contribution < 1.29 is 23.0 Å². The highest BCUT2D eigenvalue weighted by atomic mass is 35.5. The van der Waals surface area contributed by atoms with E-state index in [4.69, 9.17) is 26.2 Å². The number of halogens is 1. The molecule has 1 heterocycles. The number of ether oxygens (including phenoxy) is 2. The number of likely N-dealkylation sites (N-methyl/N-ethyl adjacent to an activating group) is 2. The van der Waals surface area contributed by atoms with Crippen molar-refractivity contribution in [2.75, 3.05) is 73.7 Å². The van der Waals surface area contributed by atoms with Crippen molar-refractivity contribution in [3.05, 3.63) is 34.9 Å². The Balaban J connectivity index is 0.000000679. The molecule has 2 N–H and O–H groups in total. The van der Waals surface area contributed by atoms with Gasteiger partial charge in [-0.15, -0.1) is 0 Å². The highest BCUT2D eigenvalue weighted by Gasteiger charge is 2.26. The van der Waals surface area contributed by atoms with E-state index in [1.807, 2.05) is 7.05 Å². The zero-order valence-electron chi connectivity index (χ0n) is 21.7. The molecule has 34 heavy (non-hydrogen) atoms. The van der Waals surface area contributed by atoms with Crippen LogP contribution in [0, 0.1) is 0 Å². The summed E-state index contributed by atoms with van der Waals surface area (Å²) in [6.07, 6.45) is 4.27. The van der Waals surface area contributed by atoms with Gasteiger partial charge in [-0.2, -0.15) is 0 Å². The molecule has 1 rings (SSSR count). The second-order valence-corrected chi connectivity index (χ2v) is 11.1. The number of likely N-dealkylation sites (tertiary alicyclic amines) is 1. The Kier molecular flexibility index (Phi) is 17.8. The van der Waals surface area contributed by atoms with Crippen LogP contribution in [0.15, 0.2) is 34.9 Å². The Labute approximate surface area is 212 Å². The van der Waals surface area contributed by atoms with E-state index in [-0.39, 0.29) is 41.9 Å². The minimum atomic E-state index is -3.61. The van der Waals surface area contributed by atoms with Crippen molar-refractivity contribution in [1.29, 1.82) is 0 Å². The van der Waals surface area contributed by atoms with E-state index in [9.17, 15) is 8.42 Å². The van der Waals surface area contributed by atoms with Crippen molar-refractivity contribution in [3.8, 4) is 0 Å². The van der Waals surface area contributed by atoms with Crippen LogP contribution in [0.4, 0.5) is 0 Å². The molecule has 0 spiro atoms. The maximum Gasteiger partial charge on any atom is 0.181 e. The Morgan fingerprint density at radius 2 is 1.94 bits per heavy atom. The van der Waals surface area contributed by atoms with Gasteiger partial charge in [0.15, 0.2) is 9.84 Å². The van der Waals surface area contributed by atoms with Crippen LogP contribution in [-0.2, 0) is 19.3 Å². The lowest BCUT2D eigenvalue weighted by atomic mass is 10.0. The van der Waals surface area contributed by atoms with Crippen molar-refractivity contribution in [3.63, 3.8) is 0 Å². The van der Waals surface area contributed by atoms with E-state index in [1.165, 1.54) is 52.2 Å². The molecule has 1 unspecified atom stereocenters. The standard InChI is InChI=1S/C13H21ClO5S.C11H25N3/c1-10(18-4)9-13(14)12(3)20(16,17)11(2)5-7-19-8-6-15;1-4-14(10-7-12-2)11-5-8-13(3)9-6-11/h9,11,15H,1,3,5-8H2,2,4H3;11-12H,4-10H2,1-3H3/b13-9+;. The molecule has 0 radical (unpaired) electrons. The zero-order valence-corrected chi connectivity index (χ0v) is 23.3. The van der Waals surface area contributed by atoms with Gasteiger partial charge in [-0.3, -0.25) is 4.90 Å². The third kappa shape index (κ3) is 12.7. The van der Waals surface area contributed by atoms with Crippen LogP contribution < -0.4 is 5.32 Å². The summed E-state index contributed by atoms with van der Waals surface area (Å²) in [5.41, 5.74) is 0. The number of hydrogen-bond acceptors (Lipinski definition) is 8. The number of rotatable bonds is 15. The summed E-state index contributed by atoms with van der Waals surface area (Å²) in [6.45, 7) is 17.2. The van der Waals surface area contributed by atoms with Gasteiger partial charge in [0.05, 0.1) is 35.5 Å². The molecule has 0 aromatic carbocycles. The fourth-order valence-corrected chi connectivity index (χ4v) is 5.11. The van der Waals surface area contributed by atoms with Crippen molar-refractivity contribution >= 4 is 21.4 Å². The second kappa shape index (κ2) is 18.3. The Hall–Kier alpha value is -0.940. The van der Waals surface area contributed by atoms with Crippen molar-refractivity contribution in [2.45, 2.75) is 44.4 Å². The molecule has 1 aliphatic heterocycles. The SMILES string of the molecule is C=C(/C=C(/Cl)C(=C)S(=O)(=O)C(C)CCOCCO)OC.CCN(CCNC)C1CCN(C)CC1. The van der Waals surface area contributed by atoms with Crippen LogP contribution in [0.3, 0.4) is 0 Å². The first kappa shape index (κ1) is 33.1. The van der Waals surface area contributed by atoms with E-state index >= 15 is 0 Å². The molecular formula is C24H46ClN3O5S. The zero-order chi connectivity index (χ0) is 26.1. The lowest BCUT2D eigenvalue weighted by Crippen LogP contribution is -2.45. The number of nitrogens with zero attached hydrogens (tertiary/aromatic N) is 2. The first-order valence-electron chi connectivity index (χ1n) is 11.8. The predicted molar refractivity (Wildman–Crippen MR) is 142 cm³/mol. The van der Waals surface area contributed by atoms with Gasteiger partial charge in [0.2, 0.25) is 0 Å². The molecule has 1 aliphatic rings. The van der Waals surface area contributed by atoms with Gasteiger partial charge in [-0.05, 0) is 66.0 Å². The fourth-order valence-electron chi connectivity index (χ4n) is 3.44. The molecule has 10 heteroatoms. The van der Waals surface area contributed by atoms with Crippen LogP contribution in [0.5, 0.6) is 0 Å². The maximum absolute atomic E-state index is 12.2. The van der Waals surface area contributed by atoms with Gasteiger partial charge in [-0.1, -0.05) is 31.7 Å². The summed E-state index contributed by atoms with van der Waals surface area (Å²) in [7, 11) is 2.04. The van der Waals surface area contributed by atoms with Crippen LogP contribution in [-0.4, -0.2) is 108 Å². The number of piperidine rings is 1. The topological polar surface area (TPSA) is 91.3 Å². The molecule has 1 saturated heterocycles. The van der Waals surface area contributed by atoms with E-state index in [0.29, 0.717) is 0 Å². The maximum atomic E-state index is 12.2. The van der Waals surface area contributed by atoms with Gasteiger partial charge < -0.3 is 24.8 Å². The number of allylic oxidation sites excluding steroid dienone is 2. The molecule has 1 fully saturated rings. The van der Waals surface area contributed by atoms with Gasteiger partial charge in [0.1, 0.15) is 5.76 Å². The van der Waals surface area contributed by atoms with Gasteiger partial charge in [0.25, 0.3) is 0 Å². The van der Waals surface area contributed by atoms with E-state index < -0.39 is 15.1 Å². The molecule has 0 saturated carbocycles. The van der Waals surface area contributed by atoms with Crippen LogP contribution in [0.25, 0.3) is 0 Å². The number of aliphatic hydroxyl groups is 1. The molecule has 0 amide bonds. The van der Waals surface area contributed by atoms with Gasteiger partial charge in [0, 0.05) is 25.7 Å². The highest BCUT2D eigenvalue weighted by molar-refractivity contribution is 7.96. The van der Waals surface area contributed by atoms with Crippen LogP contribution >= 0.6 is 11.6 Å². The Morgan fingerprint density at radius 3 is 2.44 bits per heavy atom. The number of sulfone groups is 1. The minimum Gasteiger partial charge on any atom is -0.497 e. The van der Waals surface area contributed by atoms with E-state index in [2.05, 4.69) is 42.2 Å². The molecule has 0 aliphatic carbocycles. The molecule has 0 aromatic heterocycles. The summed E-state index contributed by atoms with van der Waals surface area (Å²) in [6, 6.07) is 0.824. The van der Waals surface area contributed by atoms with Crippen LogP contribution in [0.1, 0.15) is 33.1 Å². The first-order valence-corrected chi connectivity index (χ1v) is 13.8. The van der Waals surface area contributed by atoms with Crippen molar-refractivity contribution in [2.24, 2.45) is 0 Å². The highest BCUT2D eigenvalue weighted by Crippen LogP contribution is 2.25. The largest absolute Gasteiger partial charge is 0.497 e. The Bertz CT molecular complexity index is 719. The molecule has 200 valence electrons. The monoisotopic (exact) mass is 523 g/mol. The molecule has 1 atom stereocenters. The minimum absolute atomic E-state index is 0.0278. The molecule has 0 bridgehead atoms. The number of hydrogen-bond donors (Lipinski definition) is 2. The third-order valence-electron chi connectivity index (χ3n) is 5.85. The average molecular weight is 524 g/mol. The quantitative estimate of drug-likeness (QED) is 0.192. The lowest BCUT2D eigenvalue weighted by molar-refractivity contribution is 0.0907. The summed E-state index contributed by atoms with van der Waals surface area (Å²) in [4.78, 5) is 4.87. The first-order chi connectivity index (χ1) is 16.0. The summed E-state index contributed by atoms with van der Waals surface area (Å²) in [5.74, 6) is 0.241. The lowest BCUT2D eigenvalue weighted by Gasteiger charge is -2.36. The van der Waals surface area contributed by atoms with E-state index in [0.717, 1.165) is 12.6 Å². The van der Waals surface area contributed by atoms with Gasteiger partial charge >= 0.3 is 0 Å². The third-order valence-corrected chi connectivity index (χ3v) is 8.50. The second-order valence-electron chi connectivity index (χ2n) is 8.33. The van der Waals surface area contributed by atoms with Crippen LogP contribution in [0.2, 0.25) is 0 Å². The fraction of sp³-hybridized carbons (Fsp3) is 0.750. The number of nitrogens with one attached hydrogen (secondary N) is 1. The van der Waals surface area contributed by atoms with Crippen molar-refractivity contribution in [1.82, 2.24) is 15.1 Å². The average Bonchev–Trinajstić information content (AvgIpc) is 2.82. The van der Waals surface area contributed by atoms with E-state index in [1.54, 1.807) is 6.92 Å². The molecular weight excluding hydrogens is 478 g/mol. The summed E-state index contributed by atoms with van der Waals surface area (Å²) in [5, 5.41) is 11.1. The normalized spacial score (nSPS) is 16.6. The molecule has 0 aromatic rings. The Morgan fingerprint density at radius 1 is 1.32 bits per heavy atom. The van der Waals surface area contributed by atoms with Gasteiger partial charge in [-0.25, -0.2) is 8.42 Å². The predicted octanol–water partition coefficient (Wildman–Crippen LogP) is 2.61. The smallest absolute Gasteiger partial charge is 0.181 e. The summed E-state index contributed by atoms with van der Waals surface area (Å²) >= 11 is 5.89. The summed E-state index contributed by atoms with van der Waals surface area (Å²) < 4.78 is 34.3.